The molecule has 1 aromatic carbocycles. The predicted molar refractivity (Wildman–Crippen MR) is 128 cm³/mol. The zero-order valence-corrected chi connectivity index (χ0v) is 20.1. The van der Waals surface area contributed by atoms with Crippen LogP contribution in [0.3, 0.4) is 0 Å². The van der Waals surface area contributed by atoms with Gasteiger partial charge in [0.25, 0.3) is 5.91 Å². The van der Waals surface area contributed by atoms with E-state index in [0.717, 1.165) is 29.7 Å². The summed E-state index contributed by atoms with van der Waals surface area (Å²) in [4.78, 5) is 26.7. The van der Waals surface area contributed by atoms with Crippen molar-refractivity contribution in [2.75, 3.05) is 25.6 Å². The Bertz CT molecular complexity index is 1110. The Hall–Kier alpha value is -3.31. The number of hydrogen-bond donors (Lipinski definition) is 1. The van der Waals surface area contributed by atoms with E-state index >= 15 is 0 Å². The first-order valence-electron chi connectivity index (χ1n) is 11.0. The largest absolute Gasteiger partial charge is 0.493 e. The van der Waals surface area contributed by atoms with Crippen LogP contribution in [0.1, 0.15) is 53.6 Å². The number of ether oxygens (including phenoxy) is 3. The Kier molecular flexibility index (Phi) is 8.12. The minimum atomic E-state index is -0.581. The summed E-state index contributed by atoms with van der Waals surface area (Å²) in [6.45, 7) is 6.53. The first kappa shape index (κ1) is 24.3. The summed E-state index contributed by atoms with van der Waals surface area (Å²) in [5.74, 6) is 0.575. The third kappa shape index (κ3) is 5.55. The molecule has 1 atom stereocenters. The maximum Gasteiger partial charge on any atom is 0.341 e. The third-order valence-electron chi connectivity index (χ3n) is 5.38. The van der Waals surface area contributed by atoms with Crippen molar-refractivity contribution in [3.05, 3.63) is 45.3 Å². The lowest BCUT2D eigenvalue weighted by Gasteiger charge is -2.18. The average Bonchev–Trinajstić information content (AvgIpc) is 3.15. The zero-order chi connectivity index (χ0) is 24.0. The summed E-state index contributed by atoms with van der Waals surface area (Å²) in [6, 6.07) is 7.13. The van der Waals surface area contributed by atoms with E-state index in [1.165, 1.54) is 24.5 Å². The Morgan fingerprint density at radius 3 is 2.73 bits per heavy atom. The van der Waals surface area contributed by atoms with Gasteiger partial charge in [0, 0.05) is 4.88 Å². The van der Waals surface area contributed by atoms with Gasteiger partial charge >= 0.3 is 5.97 Å². The highest BCUT2D eigenvalue weighted by atomic mass is 32.1. The molecule has 2 aromatic rings. The second kappa shape index (κ2) is 11.0. The first-order chi connectivity index (χ1) is 15.9. The molecule has 1 aromatic heterocycles. The zero-order valence-electron chi connectivity index (χ0n) is 19.3. The number of fused-ring (bicyclic) bond motifs is 1. The normalized spacial score (nSPS) is 15.2. The maximum atomic E-state index is 13.0. The highest BCUT2D eigenvalue weighted by Gasteiger charge is 2.29. The number of benzene rings is 1. The predicted octanol–water partition coefficient (Wildman–Crippen LogP) is 5.00. The van der Waals surface area contributed by atoms with Crippen molar-refractivity contribution < 1.29 is 23.8 Å². The molecule has 0 saturated heterocycles. The van der Waals surface area contributed by atoms with Gasteiger partial charge in [0.2, 0.25) is 0 Å². The Morgan fingerprint density at radius 2 is 2.06 bits per heavy atom. The van der Waals surface area contributed by atoms with Crippen molar-refractivity contribution in [3.8, 4) is 17.6 Å². The van der Waals surface area contributed by atoms with Crippen LogP contribution in [0, 0.1) is 17.2 Å². The number of rotatable bonds is 8. The molecule has 33 heavy (non-hydrogen) atoms. The Labute approximate surface area is 198 Å². The van der Waals surface area contributed by atoms with E-state index < -0.39 is 11.9 Å². The molecule has 1 N–H and O–H groups in total. The van der Waals surface area contributed by atoms with Crippen LogP contribution in [0.15, 0.2) is 23.8 Å². The van der Waals surface area contributed by atoms with Gasteiger partial charge in [-0.05, 0) is 68.4 Å². The van der Waals surface area contributed by atoms with Gasteiger partial charge in [-0.25, -0.2) is 4.79 Å². The molecule has 1 aliphatic carbocycles. The van der Waals surface area contributed by atoms with Gasteiger partial charge in [-0.1, -0.05) is 13.0 Å². The molecule has 1 heterocycles. The van der Waals surface area contributed by atoms with Gasteiger partial charge in [-0.15, -0.1) is 11.3 Å². The van der Waals surface area contributed by atoms with Crippen LogP contribution in [-0.2, 0) is 22.4 Å². The minimum absolute atomic E-state index is 0.0873. The van der Waals surface area contributed by atoms with Gasteiger partial charge in [-0.3, -0.25) is 4.79 Å². The highest BCUT2D eigenvalue weighted by molar-refractivity contribution is 7.17. The number of anilines is 1. The van der Waals surface area contributed by atoms with Crippen molar-refractivity contribution in [1.82, 2.24) is 0 Å². The smallest absolute Gasteiger partial charge is 0.341 e. The lowest BCUT2D eigenvalue weighted by molar-refractivity contribution is -0.112. The summed E-state index contributed by atoms with van der Waals surface area (Å²) in [6.07, 6.45) is 4.08. The molecule has 8 heteroatoms. The van der Waals surface area contributed by atoms with Gasteiger partial charge in [-0.2, -0.15) is 5.26 Å². The van der Waals surface area contributed by atoms with E-state index in [1.807, 2.05) is 13.0 Å². The fourth-order valence-corrected chi connectivity index (χ4v) is 5.19. The molecule has 0 saturated carbocycles. The number of carbonyl (C=O) groups excluding carboxylic acids is 2. The van der Waals surface area contributed by atoms with Crippen LogP contribution in [-0.4, -0.2) is 32.2 Å². The third-order valence-corrected chi connectivity index (χ3v) is 6.55. The SMILES string of the molecule is CCOC(=O)c1c(NC(=O)C(C#N)=Cc2ccc(OCC)c(OC)c2)sc2c1CCC(C)C2. The second-order valence-electron chi connectivity index (χ2n) is 7.74. The number of nitriles is 1. The lowest BCUT2D eigenvalue weighted by Crippen LogP contribution is -2.17. The van der Waals surface area contributed by atoms with E-state index in [1.54, 1.807) is 25.1 Å². The molecule has 3 rings (SSSR count). The quantitative estimate of drug-likeness (QED) is 0.333. The fraction of sp³-hybridized carbons (Fsp3) is 0.400. The van der Waals surface area contributed by atoms with Crippen molar-refractivity contribution in [3.63, 3.8) is 0 Å². The van der Waals surface area contributed by atoms with Gasteiger partial charge in [0.05, 0.1) is 25.9 Å². The number of nitrogens with one attached hydrogen (secondary N) is 1. The van der Waals surface area contributed by atoms with Crippen LogP contribution in [0.5, 0.6) is 11.5 Å². The number of carbonyl (C=O) groups is 2. The van der Waals surface area contributed by atoms with Crippen LogP contribution in [0.25, 0.3) is 6.08 Å². The minimum Gasteiger partial charge on any atom is -0.493 e. The molecule has 0 spiro atoms. The van der Waals surface area contributed by atoms with Crippen LogP contribution < -0.4 is 14.8 Å². The number of methoxy groups -OCH3 is 1. The summed E-state index contributed by atoms with van der Waals surface area (Å²) in [5.41, 5.74) is 1.89. The van der Waals surface area contributed by atoms with E-state index in [9.17, 15) is 14.9 Å². The maximum absolute atomic E-state index is 13.0. The Balaban J connectivity index is 1.91. The van der Waals surface area contributed by atoms with Gasteiger partial charge in [0.1, 0.15) is 16.6 Å². The van der Waals surface area contributed by atoms with Crippen molar-refractivity contribution >= 4 is 34.3 Å². The summed E-state index contributed by atoms with van der Waals surface area (Å²) < 4.78 is 16.1. The molecule has 1 aliphatic rings. The molecule has 7 nitrogen and oxygen atoms in total. The van der Waals surface area contributed by atoms with Crippen molar-refractivity contribution in [2.24, 2.45) is 5.92 Å². The molecular weight excluding hydrogens is 440 g/mol. The van der Waals surface area contributed by atoms with E-state index in [0.29, 0.717) is 40.2 Å². The van der Waals surface area contributed by atoms with E-state index in [4.69, 9.17) is 14.2 Å². The molecule has 0 fully saturated rings. The number of nitrogens with zero attached hydrogens (tertiary/aromatic N) is 1. The molecular formula is C25H28N2O5S. The first-order valence-corrected chi connectivity index (χ1v) is 11.8. The molecule has 0 radical (unpaired) electrons. The second-order valence-corrected chi connectivity index (χ2v) is 8.85. The standard InChI is InChI=1S/C25H28N2O5S/c1-5-31-19-10-8-16(13-20(19)30-4)12-17(14-26)23(28)27-24-22(25(29)32-6-2)18-9-7-15(3)11-21(18)33-24/h8,10,12-13,15H,5-7,9,11H2,1-4H3,(H,27,28). The van der Waals surface area contributed by atoms with Gasteiger partial charge in [0.15, 0.2) is 11.5 Å². The van der Waals surface area contributed by atoms with Crippen LogP contribution >= 0.6 is 11.3 Å². The summed E-state index contributed by atoms with van der Waals surface area (Å²) >= 11 is 1.39. The van der Waals surface area contributed by atoms with Crippen LogP contribution in [0.4, 0.5) is 5.00 Å². The lowest BCUT2D eigenvalue weighted by atomic mass is 9.88. The average molecular weight is 469 g/mol. The number of hydrogen-bond acceptors (Lipinski definition) is 7. The Morgan fingerprint density at radius 1 is 1.27 bits per heavy atom. The number of amides is 1. The van der Waals surface area contributed by atoms with E-state index in [2.05, 4.69) is 12.2 Å². The number of esters is 1. The number of thiophene rings is 1. The molecule has 1 unspecified atom stereocenters. The summed E-state index contributed by atoms with van der Waals surface area (Å²) in [5, 5.41) is 12.9. The summed E-state index contributed by atoms with van der Waals surface area (Å²) in [7, 11) is 1.53. The molecule has 1 amide bonds. The molecule has 0 aliphatic heterocycles. The topological polar surface area (TPSA) is 97.7 Å². The monoisotopic (exact) mass is 468 g/mol. The van der Waals surface area contributed by atoms with Crippen molar-refractivity contribution in [1.29, 1.82) is 5.26 Å². The molecule has 174 valence electrons. The molecule has 0 bridgehead atoms. The van der Waals surface area contributed by atoms with Gasteiger partial charge < -0.3 is 19.5 Å². The van der Waals surface area contributed by atoms with Crippen LogP contribution in [0.2, 0.25) is 0 Å². The highest BCUT2D eigenvalue weighted by Crippen LogP contribution is 2.40. The fourth-order valence-electron chi connectivity index (χ4n) is 3.79. The van der Waals surface area contributed by atoms with Crippen molar-refractivity contribution in [2.45, 2.75) is 40.0 Å². The van der Waals surface area contributed by atoms with E-state index in [-0.39, 0.29) is 12.2 Å².